The fourth-order valence-corrected chi connectivity index (χ4v) is 1.43. The highest BCUT2D eigenvalue weighted by atomic mass is 16.5. The summed E-state index contributed by atoms with van der Waals surface area (Å²) in [7, 11) is 0. The summed E-state index contributed by atoms with van der Waals surface area (Å²) in [5.41, 5.74) is 1.15. The molecule has 4 N–H and O–H groups in total. The second-order valence-electron chi connectivity index (χ2n) is 4.14. The first-order chi connectivity index (χ1) is 8.72. The molecule has 0 saturated heterocycles. The van der Waals surface area contributed by atoms with Gasteiger partial charge < -0.3 is 25.4 Å². The topological polar surface area (TPSA) is 82.0 Å². The fourth-order valence-electron chi connectivity index (χ4n) is 1.43. The number of benzene rings is 1. The number of aliphatic hydroxyl groups is 3. The number of ether oxygens (including phenoxy) is 1. The van der Waals surface area contributed by atoms with Crippen LogP contribution in [0.15, 0.2) is 30.3 Å². The molecule has 2 unspecified atom stereocenters. The van der Waals surface area contributed by atoms with Gasteiger partial charge in [0.25, 0.3) is 0 Å². The van der Waals surface area contributed by atoms with E-state index in [1.54, 1.807) is 0 Å². The van der Waals surface area contributed by atoms with Crippen molar-refractivity contribution < 1.29 is 20.1 Å². The Balaban J connectivity index is 2.05. The van der Waals surface area contributed by atoms with Crippen LogP contribution in [-0.2, 0) is 11.3 Å². The van der Waals surface area contributed by atoms with E-state index >= 15 is 0 Å². The number of nitrogens with one attached hydrogen (secondary N) is 1. The minimum atomic E-state index is -0.880. The van der Waals surface area contributed by atoms with Crippen LogP contribution in [0.1, 0.15) is 5.56 Å². The summed E-state index contributed by atoms with van der Waals surface area (Å²) in [5.74, 6) is 0. The lowest BCUT2D eigenvalue weighted by molar-refractivity contribution is -0.0237. The lowest BCUT2D eigenvalue weighted by Gasteiger charge is -2.13. The van der Waals surface area contributed by atoms with E-state index in [-0.39, 0.29) is 19.8 Å². The summed E-state index contributed by atoms with van der Waals surface area (Å²) in [6.45, 7) is 0.953. The lowest BCUT2D eigenvalue weighted by Crippen LogP contribution is -2.31. The van der Waals surface area contributed by atoms with Gasteiger partial charge in [-0.1, -0.05) is 30.3 Å². The van der Waals surface area contributed by atoms with Crippen LogP contribution in [-0.4, -0.2) is 53.9 Å². The molecule has 102 valence electrons. The third-order valence-electron chi connectivity index (χ3n) is 2.38. The summed E-state index contributed by atoms with van der Waals surface area (Å²) < 4.78 is 5.05. The fraction of sp³-hybridized carbons (Fsp3) is 0.538. The highest BCUT2D eigenvalue weighted by Crippen LogP contribution is 1.97. The van der Waals surface area contributed by atoms with Gasteiger partial charge in [-0.05, 0) is 5.56 Å². The predicted molar refractivity (Wildman–Crippen MR) is 68.1 cm³/mol. The van der Waals surface area contributed by atoms with Gasteiger partial charge in [0.05, 0.1) is 25.9 Å². The molecule has 0 aliphatic carbocycles. The van der Waals surface area contributed by atoms with Crippen molar-refractivity contribution in [1.82, 2.24) is 5.32 Å². The van der Waals surface area contributed by atoms with Crippen molar-refractivity contribution in [3.63, 3.8) is 0 Å². The first-order valence-electron chi connectivity index (χ1n) is 6.01. The maximum absolute atomic E-state index is 9.58. The van der Waals surface area contributed by atoms with Crippen molar-refractivity contribution in [1.29, 1.82) is 0 Å². The van der Waals surface area contributed by atoms with Crippen LogP contribution in [0.4, 0.5) is 0 Å². The SMILES string of the molecule is OCC(O)COCC(O)CNCc1ccccc1. The summed E-state index contributed by atoms with van der Waals surface area (Å²) in [5, 5.41) is 30.3. The molecule has 0 saturated carbocycles. The quantitative estimate of drug-likeness (QED) is 0.478. The molecule has 2 atom stereocenters. The lowest BCUT2D eigenvalue weighted by atomic mass is 10.2. The highest BCUT2D eigenvalue weighted by Gasteiger charge is 2.06. The molecule has 0 aromatic heterocycles. The minimum absolute atomic E-state index is 0.0340. The second kappa shape index (κ2) is 9.02. The normalized spacial score (nSPS) is 14.4. The standard InChI is InChI=1S/C13H21NO4/c15-8-13(17)10-18-9-12(16)7-14-6-11-4-2-1-3-5-11/h1-5,12-17H,6-10H2. The zero-order valence-corrected chi connectivity index (χ0v) is 10.3. The molecule has 0 bridgehead atoms. The van der Waals surface area contributed by atoms with Crippen LogP contribution in [0.3, 0.4) is 0 Å². The van der Waals surface area contributed by atoms with Gasteiger partial charge in [0.2, 0.25) is 0 Å². The molecular weight excluding hydrogens is 234 g/mol. The zero-order chi connectivity index (χ0) is 13.2. The van der Waals surface area contributed by atoms with E-state index in [9.17, 15) is 5.11 Å². The Hall–Kier alpha value is -0.980. The van der Waals surface area contributed by atoms with E-state index in [1.165, 1.54) is 0 Å². The Morgan fingerprint density at radius 2 is 1.72 bits per heavy atom. The molecule has 0 heterocycles. The summed E-state index contributed by atoms with van der Waals surface area (Å²) in [6.07, 6.45) is -1.51. The van der Waals surface area contributed by atoms with E-state index in [0.29, 0.717) is 13.1 Å². The summed E-state index contributed by atoms with van der Waals surface area (Å²) in [6, 6.07) is 9.90. The molecule has 0 aliphatic heterocycles. The number of hydrogen-bond acceptors (Lipinski definition) is 5. The van der Waals surface area contributed by atoms with Gasteiger partial charge in [-0.2, -0.15) is 0 Å². The van der Waals surface area contributed by atoms with E-state index in [4.69, 9.17) is 14.9 Å². The third-order valence-corrected chi connectivity index (χ3v) is 2.38. The average Bonchev–Trinajstić information content (AvgIpc) is 2.39. The zero-order valence-electron chi connectivity index (χ0n) is 10.3. The minimum Gasteiger partial charge on any atom is -0.394 e. The Morgan fingerprint density at radius 1 is 1.06 bits per heavy atom. The van der Waals surface area contributed by atoms with Crippen molar-refractivity contribution in [2.45, 2.75) is 18.8 Å². The number of aliphatic hydroxyl groups excluding tert-OH is 3. The monoisotopic (exact) mass is 255 g/mol. The van der Waals surface area contributed by atoms with Crippen molar-refractivity contribution >= 4 is 0 Å². The maximum atomic E-state index is 9.58. The molecule has 0 aliphatic rings. The number of rotatable bonds is 9. The Kier molecular flexibility index (Phi) is 7.55. The van der Waals surface area contributed by atoms with Crippen LogP contribution < -0.4 is 5.32 Å². The third kappa shape index (κ3) is 6.68. The van der Waals surface area contributed by atoms with Crippen molar-refractivity contribution in [2.75, 3.05) is 26.4 Å². The molecule has 5 nitrogen and oxygen atoms in total. The predicted octanol–water partition coefficient (Wildman–Crippen LogP) is -0.493. The average molecular weight is 255 g/mol. The summed E-state index contributed by atoms with van der Waals surface area (Å²) in [4.78, 5) is 0. The van der Waals surface area contributed by atoms with Crippen molar-refractivity contribution in [3.8, 4) is 0 Å². The Bertz CT molecular complexity index is 307. The molecule has 1 aromatic rings. The first-order valence-corrected chi connectivity index (χ1v) is 6.01. The molecule has 0 spiro atoms. The van der Waals surface area contributed by atoms with E-state index in [2.05, 4.69) is 5.32 Å². The molecular formula is C13H21NO4. The van der Waals surface area contributed by atoms with Gasteiger partial charge in [0.1, 0.15) is 6.10 Å². The van der Waals surface area contributed by atoms with Gasteiger partial charge in [-0.3, -0.25) is 0 Å². The van der Waals surface area contributed by atoms with Crippen LogP contribution in [0, 0.1) is 0 Å². The molecule has 0 fully saturated rings. The van der Waals surface area contributed by atoms with Gasteiger partial charge in [0, 0.05) is 13.1 Å². The van der Waals surface area contributed by atoms with Crippen molar-refractivity contribution in [2.24, 2.45) is 0 Å². The molecule has 0 amide bonds. The van der Waals surface area contributed by atoms with Crippen LogP contribution in [0.5, 0.6) is 0 Å². The van der Waals surface area contributed by atoms with Crippen LogP contribution in [0.2, 0.25) is 0 Å². The van der Waals surface area contributed by atoms with Crippen molar-refractivity contribution in [3.05, 3.63) is 35.9 Å². The van der Waals surface area contributed by atoms with Gasteiger partial charge in [0.15, 0.2) is 0 Å². The van der Waals surface area contributed by atoms with Gasteiger partial charge in [-0.15, -0.1) is 0 Å². The smallest absolute Gasteiger partial charge is 0.100 e. The maximum Gasteiger partial charge on any atom is 0.100 e. The highest BCUT2D eigenvalue weighted by molar-refractivity contribution is 5.14. The van der Waals surface area contributed by atoms with Gasteiger partial charge >= 0.3 is 0 Å². The van der Waals surface area contributed by atoms with E-state index in [0.717, 1.165) is 5.56 Å². The summed E-state index contributed by atoms with van der Waals surface area (Å²) >= 11 is 0. The molecule has 5 heteroatoms. The van der Waals surface area contributed by atoms with Gasteiger partial charge in [-0.25, -0.2) is 0 Å². The Morgan fingerprint density at radius 3 is 2.39 bits per heavy atom. The van der Waals surface area contributed by atoms with E-state index < -0.39 is 12.2 Å². The largest absolute Gasteiger partial charge is 0.394 e. The molecule has 0 radical (unpaired) electrons. The van der Waals surface area contributed by atoms with E-state index in [1.807, 2.05) is 30.3 Å². The molecule has 1 rings (SSSR count). The number of hydrogen-bond donors (Lipinski definition) is 4. The Labute approximate surface area is 107 Å². The molecule has 1 aromatic carbocycles. The molecule has 18 heavy (non-hydrogen) atoms. The second-order valence-corrected chi connectivity index (χ2v) is 4.14. The first kappa shape index (κ1) is 15.1. The van der Waals surface area contributed by atoms with Crippen LogP contribution in [0.25, 0.3) is 0 Å². The van der Waals surface area contributed by atoms with Crippen LogP contribution >= 0.6 is 0 Å².